The Balaban J connectivity index is 0.000000153. The molecule has 4 aliphatic heterocycles. The van der Waals surface area contributed by atoms with Gasteiger partial charge in [0.15, 0.2) is 23.3 Å². The van der Waals surface area contributed by atoms with Crippen molar-refractivity contribution in [3.8, 4) is 5.75 Å². The number of nitrogens with zero attached hydrogens (tertiary/aromatic N) is 14. The van der Waals surface area contributed by atoms with Crippen LogP contribution in [0.2, 0.25) is 0 Å². The minimum absolute atomic E-state index is 0.00348. The monoisotopic (exact) mass is 1680 g/mol. The number of Topliss-reactive ketones (excluding diaryl/α,β-unsaturated/α-hetero) is 4. The van der Waals surface area contributed by atoms with E-state index in [9.17, 15) is 58.8 Å². The quantitative estimate of drug-likeness (QED) is 0.0374. The molecule has 11 aromatic rings. The number of rotatable bonds is 17. The van der Waals surface area contributed by atoms with Gasteiger partial charge in [-0.25, -0.2) is 0 Å². The van der Waals surface area contributed by atoms with Crippen molar-refractivity contribution in [3.05, 3.63) is 325 Å². The smallest absolute Gasteiger partial charge is 0.301 e. The molecule has 4 aliphatic rings. The summed E-state index contributed by atoms with van der Waals surface area (Å²) in [6.45, 7) is 25.0. The lowest BCUT2D eigenvalue weighted by Gasteiger charge is -2.24. The fraction of sp³-hybridized carbons (Fsp3) is 0.245. The molecule has 0 radical (unpaired) electrons. The van der Waals surface area contributed by atoms with Gasteiger partial charge >= 0.3 is 23.6 Å². The molecule has 0 aliphatic carbocycles. The summed E-state index contributed by atoms with van der Waals surface area (Å²) in [6, 6.07) is 61.6. The molecule has 7 aromatic carbocycles. The average molecular weight is 1680 g/mol. The van der Waals surface area contributed by atoms with Gasteiger partial charge in [0, 0.05) is 61.8 Å². The lowest BCUT2D eigenvalue weighted by Crippen LogP contribution is -2.33. The number of aliphatic hydroxyl groups excluding tert-OH is 4. The van der Waals surface area contributed by atoms with Gasteiger partial charge in [0.2, 0.25) is 0 Å². The Hall–Kier alpha value is -15.0. The first-order valence-corrected chi connectivity index (χ1v) is 40.6. The van der Waals surface area contributed by atoms with E-state index in [0.717, 1.165) is 33.6 Å². The van der Waals surface area contributed by atoms with Crippen LogP contribution in [0.4, 0.5) is 34.6 Å². The summed E-state index contributed by atoms with van der Waals surface area (Å²) in [7, 11) is 7.63. The van der Waals surface area contributed by atoms with Gasteiger partial charge in [0.1, 0.15) is 28.8 Å². The molecule has 4 atom stereocenters. The molecule has 0 bridgehead atoms. The molecule has 0 spiro atoms. The van der Waals surface area contributed by atoms with E-state index in [1.54, 1.807) is 162 Å². The maximum absolute atomic E-state index is 13.3. The fourth-order valence-electron chi connectivity index (χ4n) is 14.6. The number of aromatic nitrogens is 8. The van der Waals surface area contributed by atoms with Crippen molar-refractivity contribution in [3.63, 3.8) is 0 Å². The van der Waals surface area contributed by atoms with E-state index in [1.807, 2.05) is 157 Å². The van der Waals surface area contributed by atoms with Crippen LogP contribution in [-0.4, -0.2) is 148 Å². The molecule has 4 aromatic heterocycles. The number of anilines is 6. The van der Waals surface area contributed by atoms with Crippen LogP contribution in [0.1, 0.15) is 162 Å². The molecular weight excluding hydrogens is 1580 g/mol. The van der Waals surface area contributed by atoms with E-state index in [4.69, 9.17) is 4.74 Å². The minimum atomic E-state index is -0.864. The summed E-state index contributed by atoms with van der Waals surface area (Å²) in [6.07, 6.45) is 0.00542. The number of ketones is 4. The van der Waals surface area contributed by atoms with Gasteiger partial charge in [-0.2, -0.15) is 20.4 Å². The van der Waals surface area contributed by atoms with Crippen LogP contribution < -0.4 is 34.1 Å². The van der Waals surface area contributed by atoms with Crippen molar-refractivity contribution in [1.29, 1.82) is 0 Å². The normalized spacial score (nSPS) is 18.0. The van der Waals surface area contributed by atoms with E-state index in [-0.39, 0.29) is 74.7 Å². The number of carbonyl (C=O) groups excluding carboxylic acids is 8. The van der Waals surface area contributed by atoms with Gasteiger partial charge in [-0.1, -0.05) is 160 Å². The zero-order valence-corrected chi connectivity index (χ0v) is 72.6. The second-order valence-electron chi connectivity index (χ2n) is 32.1. The molecule has 0 saturated carbocycles. The van der Waals surface area contributed by atoms with Crippen LogP contribution in [0, 0.1) is 41.5 Å². The third kappa shape index (κ3) is 19.2. The fourth-order valence-corrected chi connectivity index (χ4v) is 14.6. The lowest BCUT2D eigenvalue weighted by atomic mass is 9.93. The van der Waals surface area contributed by atoms with Gasteiger partial charge in [-0.3, -0.25) is 58.0 Å². The van der Waals surface area contributed by atoms with E-state index in [0.29, 0.717) is 79.3 Å². The van der Waals surface area contributed by atoms with E-state index >= 15 is 0 Å². The highest BCUT2D eigenvalue weighted by Gasteiger charge is 2.51. The van der Waals surface area contributed by atoms with Gasteiger partial charge in [-0.05, 0) is 199 Å². The van der Waals surface area contributed by atoms with Crippen molar-refractivity contribution >= 4 is 104 Å². The van der Waals surface area contributed by atoms with Crippen molar-refractivity contribution in [2.24, 2.45) is 0 Å². The van der Waals surface area contributed by atoms with Crippen molar-refractivity contribution < 1.29 is 63.5 Å². The van der Waals surface area contributed by atoms with Crippen LogP contribution in [0.5, 0.6) is 5.75 Å². The number of hydrogen-bond donors (Lipinski definition) is 4. The highest BCUT2D eigenvalue weighted by molar-refractivity contribution is 6.53. The Bertz CT molecular complexity index is 6040. The number of aryl methyl sites for hydroxylation is 6. The second kappa shape index (κ2) is 38.0. The summed E-state index contributed by atoms with van der Waals surface area (Å²) in [5.41, 5.74) is 13.0. The highest BCUT2D eigenvalue weighted by Crippen LogP contribution is 2.46. The number of carbonyl (C=O) groups is 8. The molecule has 27 nitrogen and oxygen atoms in total. The van der Waals surface area contributed by atoms with Gasteiger partial charge in [-0.15, -0.1) is 20.4 Å². The molecule has 4 saturated heterocycles. The largest absolute Gasteiger partial charge is 0.507 e. The number of aliphatic hydroxyl groups is 4. The Labute approximate surface area is 725 Å². The molecule has 27 heteroatoms. The predicted molar refractivity (Wildman–Crippen MR) is 480 cm³/mol. The highest BCUT2D eigenvalue weighted by atomic mass is 16.5. The Morgan fingerprint density at radius 2 is 0.624 bits per heavy atom. The van der Waals surface area contributed by atoms with Crippen molar-refractivity contribution in [2.75, 3.05) is 57.6 Å². The number of ether oxygens (including phenoxy) is 1. The summed E-state index contributed by atoms with van der Waals surface area (Å²) < 4.78 is 5.72. The average Bonchev–Trinajstić information content (AvgIpc) is 1.60. The molecule has 125 heavy (non-hydrogen) atoms. The molecule has 4 fully saturated rings. The van der Waals surface area contributed by atoms with Crippen LogP contribution in [0.25, 0.3) is 23.0 Å². The molecule has 8 heterocycles. The van der Waals surface area contributed by atoms with Crippen LogP contribution in [0.15, 0.2) is 241 Å². The molecule has 15 rings (SSSR count). The lowest BCUT2D eigenvalue weighted by molar-refractivity contribution is -0.132. The molecule has 4 amide bonds. The zero-order chi connectivity index (χ0) is 90.3. The summed E-state index contributed by atoms with van der Waals surface area (Å²) in [5.74, 6) is -4.47. The third-order valence-electron chi connectivity index (χ3n) is 21.5. The second-order valence-corrected chi connectivity index (χ2v) is 32.1. The zero-order valence-electron chi connectivity index (χ0n) is 72.6. The van der Waals surface area contributed by atoms with Crippen LogP contribution in [-0.2, 0) is 38.4 Å². The van der Waals surface area contributed by atoms with E-state index in [2.05, 4.69) is 68.5 Å². The van der Waals surface area contributed by atoms with Crippen LogP contribution in [0.3, 0.4) is 0 Å². The third-order valence-corrected chi connectivity index (χ3v) is 21.5. The van der Waals surface area contributed by atoms with Crippen molar-refractivity contribution in [2.45, 2.75) is 132 Å². The standard InChI is InChI=1S/2C27H28N4O3.C26H25N3O4.C18H17N3O3/c1-16(2)18-7-9-19(10-8-18)24-23(25(32)20-11-13-21(14-12-20)30(4)5)26(33)27(34)31(24)22-15-6-17(3)28-29-22;1-16(2)18-10-12-19(13-11-18)24-23(25(32)20-7-6-8-21(15-20)30(4)5)26(33)27(34)31(24)22-14-9-17(3)28-29-22;1-15(2)33-20-12-10-18(11-13-20)23-22(24(30)19-8-5-16(3)6-9-19)25(31)26(32)29(23)21-14-7-17(4)27-28-21;1-10-4-7-13(8-5-10)16(22)15-12(3)21(18(24)17(15)23)14-9-6-11(2)19-20-14/h2*6-16,24,32H,1-5H3;5-15,23,30H,1-4H3;4-9,12,22H,1-3H3. The first-order chi connectivity index (χ1) is 59.5. The number of hydrogen-bond acceptors (Lipinski definition) is 23. The van der Waals surface area contributed by atoms with Gasteiger partial charge < -0.3 is 35.0 Å². The molecule has 638 valence electrons. The Morgan fingerprint density at radius 3 is 0.936 bits per heavy atom. The molecule has 4 unspecified atom stereocenters. The molecule has 4 N–H and O–H groups in total. The maximum Gasteiger partial charge on any atom is 0.301 e. The number of amides is 4. The molecular formula is C98H98N14O13. The first-order valence-electron chi connectivity index (χ1n) is 40.6. The minimum Gasteiger partial charge on any atom is -0.507 e. The Morgan fingerprint density at radius 1 is 0.328 bits per heavy atom. The van der Waals surface area contributed by atoms with E-state index in [1.165, 1.54) is 19.6 Å². The summed E-state index contributed by atoms with van der Waals surface area (Å²) in [4.78, 5) is 113. The van der Waals surface area contributed by atoms with Gasteiger partial charge in [0.05, 0.1) is 75.3 Å². The van der Waals surface area contributed by atoms with Crippen molar-refractivity contribution in [1.82, 2.24) is 40.8 Å². The predicted octanol–water partition coefficient (Wildman–Crippen LogP) is 16.1. The summed E-state index contributed by atoms with van der Waals surface area (Å²) in [5, 5.41) is 76.7. The Kier molecular flexibility index (Phi) is 27.1. The number of benzene rings is 7. The van der Waals surface area contributed by atoms with Gasteiger partial charge in [0.25, 0.3) is 23.1 Å². The maximum atomic E-state index is 13.3. The van der Waals surface area contributed by atoms with E-state index < -0.39 is 70.9 Å². The SMILES string of the molecule is Cc1ccc(C(O)=C2C(=O)C(=O)N(c3ccc(C)nn3)C2C)cc1.Cc1ccc(C(O)=C2C(=O)C(=O)N(c3ccc(C)nn3)C2c2ccc(OC(C)C)cc2)cc1.Cc1ccc(N2C(=O)C(=O)C(=C(O)c3ccc(N(C)C)cc3)C2c2ccc(C(C)C)cc2)nn1.Cc1ccc(N2C(=O)C(=O)C(=C(O)c3cccc(N(C)C)c3)C2c2ccc(C(C)C)cc2)nn1. The van der Waals surface area contributed by atoms with Crippen LogP contribution >= 0.6 is 0 Å². The topological polar surface area (TPSA) is 349 Å². The first kappa shape index (κ1) is 89.2. The summed E-state index contributed by atoms with van der Waals surface area (Å²) >= 11 is 0.